The van der Waals surface area contributed by atoms with Gasteiger partial charge in [-0.3, -0.25) is 9.18 Å². The van der Waals surface area contributed by atoms with Crippen molar-refractivity contribution in [2.75, 3.05) is 13.8 Å². The lowest BCUT2D eigenvalue weighted by Crippen LogP contribution is -2.02. The fourth-order valence-electron chi connectivity index (χ4n) is 1.24. The van der Waals surface area contributed by atoms with Crippen molar-refractivity contribution in [3.63, 3.8) is 0 Å². The number of alkyl halides is 1. The van der Waals surface area contributed by atoms with E-state index in [0.717, 1.165) is 0 Å². The largest absolute Gasteiger partial charge is 0.496 e. The van der Waals surface area contributed by atoms with Gasteiger partial charge in [-0.1, -0.05) is 12.1 Å². The second kappa shape index (κ2) is 5.37. The van der Waals surface area contributed by atoms with Gasteiger partial charge in [0, 0.05) is 6.42 Å². The maximum absolute atomic E-state index is 11.9. The lowest BCUT2D eigenvalue weighted by atomic mass is 10.1. The van der Waals surface area contributed by atoms with Gasteiger partial charge in [-0.25, -0.2) is 0 Å². The predicted molar refractivity (Wildman–Crippen MR) is 52.5 cm³/mol. The molecule has 1 aromatic rings. The second-order valence-corrected chi connectivity index (χ2v) is 2.92. The van der Waals surface area contributed by atoms with Crippen LogP contribution in [0.4, 0.5) is 4.39 Å². The molecule has 0 fully saturated rings. The molecular formula is C11H13FO2. The molecule has 0 amide bonds. The molecule has 0 saturated carbocycles. The van der Waals surface area contributed by atoms with Crippen molar-refractivity contribution in [3.8, 4) is 5.75 Å². The summed E-state index contributed by atoms with van der Waals surface area (Å²) in [6.45, 7) is -0.457. The average Bonchev–Trinajstić information content (AvgIpc) is 2.25. The van der Waals surface area contributed by atoms with Crippen molar-refractivity contribution in [2.24, 2.45) is 0 Å². The number of rotatable bonds is 5. The molecular weight excluding hydrogens is 183 g/mol. The van der Waals surface area contributed by atoms with Gasteiger partial charge in [-0.15, -0.1) is 0 Å². The molecule has 3 heteroatoms. The maximum Gasteiger partial charge on any atom is 0.166 e. The zero-order chi connectivity index (χ0) is 10.4. The van der Waals surface area contributed by atoms with Crippen LogP contribution in [0.15, 0.2) is 24.3 Å². The van der Waals surface area contributed by atoms with Gasteiger partial charge < -0.3 is 4.74 Å². The van der Waals surface area contributed by atoms with Crippen LogP contribution in [-0.4, -0.2) is 19.6 Å². The van der Waals surface area contributed by atoms with Crippen molar-refractivity contribution in [1.29, 1.82) is 0 Å². The third-order valence-corrected chi connectivity index (χ3v) is 1.94. The number of para-hydroxylation sites is 1. The predicted octanol–water partition coefficient (Wildman–Crippen LogP) is 2.63. The summed E-state index contributed by atoms with van der Waals surface area (Å²) in [5.74, 6) is 0.483. The lowest BCUT2D eigenvalue weighted by Gasteiger charge is -2.05. The molecule has 0 heterocycles. The van der Waals surface area contributed by atoms with E-state index in [-0.39, 0.29) is 18.6 Å². The molecule has 1 aromatic carbocycles. The minimum absolute atomic E-state index is 0.0694. The molecule has 0 aliphatic carbocycles. The quantitative estimate of drug-likeness (QED) is 0.677. The van der Waals surface area contributed by atoms with E-state index < -0.39 is 6.67 Å². The zero-order valence-electron chi connectivity index (χ0n) is 8.13. The summed E-state index contributed by atoms with van der Waals surface area (Å²) in [6.07, 6.45) is 0.508. The van der Waals surface area contributed by atoms with E-state index in [1.54, 1.807) is 24.3 Å². The number of carbonyl (C=O) groups is 1. The fourth-order valence-corrected chi connectivity index (χ4v) is 1.24. The van der Waals surface area contributed by atoms with Crippen LogP contribution in [-0.2, 0) is 0 Å². The minimum Gasteiger partial charge on any atom is -0.496 e. The van der Waals surface area contributed by atoms with Gasteiger partial charge in [-0.05, 0) is 18.6 Å². The van der Waals surface area contributed by atoms with Gasteiger partial charge >= 0.3 is 0 Å². The van der Waals surface area contributed by atoms with Crippen LogP contribution < -0.4 is 4.74 Å². The molecule has 0 aliphatic rings. The van der Waals surface area contributed by atoms with Crippen molar-refractivity contribution in [1.82, 2.24) is 0 Å². The molecule has 0 aliphatic heterocycles. The van der Waals surface area contributed by atoms with Crippen molar-refractivity contribution >= 4 is 5.78 Å². The molecule has 1 rings (SSSR count). The Labute approximate surface area is 82.7 Å². The van der Waals surface area contributed by atoms with E-state index in [2.05, 4.69) is 0 Å². The first-order chi connectivity index (χ1) is 6.79. The Morgan fingerprint density at radius 2 is 2.14 bits per heavy atom. The lowest BCUT2D eigenvalue weighted by molar-refractivity contribution is 0.0974. The van der Waals surface area contributed by atoms with Gasteiger partial charge in [0.15, 0.2) is 5.78 Å². The molecule has 0 radical (unpaired) electrons. The van der Waals surface area contributed by atoms with Crippen LogP contribution in [0.1, 0.15) is 23.2 Å². The maximum atomic E-state index is 11.9. The van der Waals surface area contributed by atoms with Crippen LogP contribution in [0.25, 0.3) is 0 Å². The van der Waals surface area contributed by atoms with Crippen LogP contribution >= 0.6 is 0 Å². The van der Waals surface area contributed by atoms with E-state index in [1.807, 2.05) is 0 Å². The number of Topliss-reactive ketones (excluding diaryl/α,β-unsaturated/α-hetero) is 1. The molecule has 0 atom stereocenters. The number of halogens is 1. The number of hydrogen-bond donors (Lipinski definition) is 0. The van der Waals surface area contributed by atoms with E-state index in [9.17, 15) is 9.18 Å². The van der Waals surface area contributed by atoms with E-state index in [4.69, 9.17) is 4.74 Å². The first-order valence-corrected chi connectivity index (χ1v) is 4.51. The second-order valence-electron chi connectivity index (χ2n) is 2.92. The van der Waals surface area contributed by atoms with Crippen LogP contribution in [0.2, 0.25) is 0 Å². The fraction of sp³-hybridized carbons (Fsp3) is 0.364. The molecule has 0 aromatic heterocycles. The normalized spacial score (nSPS) is 9.86. The molecule has 0 saturated heterocycles. The Hall–Kier alpha value is -1.38. The molecule has 0 bridgehead atoms. The highest BCUT2D eigenvalue weighted by Gasteiger charge is 2.10. The summed E-state index contributed by atoms with van der Waals surface area (Å²) < 4.78 is 16.9. The Morgan fingerprint density at radius 1 is 1.43 bits per heavy atom. The molecule has 0 N–H and O–H groups in total. The molecule has 76 valence electrons. The minimum atomic E-state index is -0.457. The summed E-state index contributed by atoms with van der Waals surface area (Å²) in [7, 11) is 1.52. The average molecular weight is 196 g/mol. The summed E-state index contributed by atoms with van der Waals surface area (Å²) >= 11 is 0. The summed E-state index contributed by atoms with van der Waals surface area (Å²) in [5.41, 5.74) is 0.531. The highest BCUT2D eigenvalue weighted by Crippen LogP contribution is 2.19. The van der Waals surface area contributed by atoms with Crippen LogP contribution in [0.5, 0.6) is 5.75 Å². The van der Waals surface area contributed by atoms with Gasteiger partial charge in [0.05, 0.1) is 19.3 Å². The zero-order valence-corrected chi connectivity index (χ0v) is 8.13. The highest BCUT2D eigenvalue weighted by atomic mass is 19.1. The first kappa shape index (κ1) is 10.7. The van der Waals surface area contributed by atoms with Crippen molar-refractivity contribution < 1.29 is 13.9 Å². The number of hydrogen-bond acceptors (Lipinski definition) is 2. The van der Waals surface area contributed by atoms with E-state index >= 15 is 0 Å². The van der Waals surface area contributed by atoms with Crippen molar-refractivity contribution in [2.45, 2.75) is 12.8 Å². The number of benzene rings is 1. The highest BCUT2D eigenvalue weighted by molar-refractivity contribution is 5.98. The third-order valence-electron chi connectivity index (χ3n) is 1.94. The smallest absolute Gasteiger partial charge is 0.166 e. The van der Waals surface area contributed by atoms with Crippen LogP contribution in [0, 0.1) is 0 Å². The molecule has 0 spiro atoms. The number of methoxy groups -OCH3 is 1. The Balaban J connectivity index is 2.78. The third kappa shape index (κ3) is 2.55. The van der Waals surface area contributed by atoms with Gasteiger partial charge in [0.25, 0.3) is 0 Å². The standard InChI is InChI=1S/C11H13FO2/c1-14-11-7-3-2-5-9(11)10(13)6-4-8-12/h2-3,5,7H,4,6,8H2,1H3. The Morgan fingerprint density at radius 3 is 2.79 bits per heavy atom. The van der Waals surface area contributed by atoms with E-state index in [1.165, 1.54) is 7.11 Å². The Kier molecular flexibility index (Phi) is 4.11. The molecule has 14 heavy (non-hydrogen) atoms. The topological polar surface area (TPSA) is 26.3 Å². The van der Waals surface area contributed by atoms with Crippen molar-refractivity contribution in [3.05, 3.63) is 29.8 Å². The number of carbonyl (C=O) groups excluding carboxylic acids is 1. The van der Waals surface area contributed by atoms with Gasteiger partial charge in [-0.2, -0.15) is 0 Å². The monoisotopic (exact) mass is 196 g/mol. The van der Waals surface area contributed by atoms with E-state index in [0.29, 0.717) is 11.3 Å². The number of ketones is 1. The molecule has 2 nitrogen and oxygen atoms in total. The van der Waals surface area contributed by atoms with Gasteiger partial charge in [0.2, 0.25) is 0 Å². The number of ether oxygens (including phenoxy) is 1. The summed E-state index contributed by atoms with van der Waals surface area (Å²) in [6, 6.07) is 6.98. The summed E-state index contributed by atoms with van der Waals surface area (Å²) in [4.78, 5) is 11.5. The van der Waals surface area contributed by atoms with Gasteiger partial charge in [0.1, 0.15) is 5.75 Å². The van der Waals surface area contributed by atoms with Crippen LogP contribution in [0.3, 0.4) is 0 Å². The summed E-state index contributed by atoms with van der Waals surface area (Å²) in [5, 5.41) is 0. The molecule has 0 unspecified atom stereocenters. The SMILES string of the molecule is COc1ccccc1C(=O)CCCF. The Bertz CT molecular complexity index is 310. The first-order valence-electron chi connectivity index (χ1n) is 4.51.